The third kappa shape index (κ3) is 3.82. The van der Waals surface area contributed by atoms with Crippen LogP contribution in [0.3, 0.4) is 0 Å². The number of halogens is 1. The van der Waals surface area contributed by atoms with Crippen LogP contribution in [-0.2, 0) is 16.1 Å². The van der Waals surface area contributed by atoms with Crippen molar-refractivity contribution < 1.29 is 19.1 Å². The smallest absolute Gasteiger partial charge is 0.348 e. The molecule has 0 aliphatic heterocycles. The fourth-order valence-electron chi connectivity index (χ4n) is 1.82. The lowest BCUT2D eigenvalue weighted by Gasteiger charge is -2.06. The van der Waals surface area contributed by atoms with E-state index in [1.165, 1.54) is 18.3 Å². The van der Waals surface area contributed by atoms with Crippen molar-refractivity contribution in [2.75, 3.05) is 12.3 Å². The molecule has 0 spiro atoms. The molecule has 7 nitrogen and oxygen atoms in total. The molecule has 0 bridgehead atoms. The maximum Gasteiger partial charge on any atom is 0.348 e. The van der Waals surface area contributed by atoms with E-state index in [-0.39, 0.29) is 44.9 Å². The van der Waals surface area contributed by atoms with Crippen LogP contribution in [0.15, 0.2) is 18.3 Å². The molecule has 0 fully saturated rings. The molecule has 0 unspecified atom stereocenters. The van der Waals surface area contributed by atoms with Crippen LogP contribution in [0.5, 0.6) is 0 Å². The molecule has 0 aliphatic carbocycles. The molecule has 124 valence electrons. The number of esters is 2. The maximum atomic E-state index is 12.0. The van der Waals surface area contributed by atoms with Crippen molar-refractivity contribution in [1.82, 2.24) is 4.98 Å². The summed E-state index contributed by atoms with van der Waals surface area (Å²) in [6.07, 6.45) is 1.27. The first-order valence-corrected chi connectivity index (χ1v) is 7.94. The molecule has 2 N–H and O–H groups in total. The Balaban J connectivity index is 2.22. The summed E-state index contributed by atoms with van der Waals surface area (Å²) in [4.78, 5) is 27.9. The van der Waals surface area contributed by atoms with Gasteiger partial charge >= 0.3 is 11.9 Å². The fourth-order valence-corrected chi connectivity index (χ4v) is 2.85. The van der Waals surface area contributed by atoms with Crippen LogP contribution < -0.4 is 5.73 Å². The number of rotatable bonds is 5. The second-order valence-electron chi connectivity index (χ2n) is 4.43. The molecule has 2 heterocycles. The summed E-state index contributed by atoms with van der Waals surface area (Å²) >= 11 is 6.58. The maximum absolute atomic E-state index is 12.0. The van der Waals surface area contributed by atoms with Crippen LogP contribution in [0.25, 0.3) is 0 Å². The minimum atomic E-state index is -0.664. The molecular weight excluding hydrogens is 354 g/mol. The number of ether oxygens (including phenoxy) is 2. The van der Waals surface area contributed by atoms with E-state index in [0.717, 1.165) is 11.3 Å². The summed E-state index contributed by atoms with van der Waals surface area (Å²) in [6.45, 7) is 1.55. The van der Waals surface area contributed by atoms with Crippen molar-refractivity contribution in [1.29, 1.82) is 5.26 Å². The number of aromatic nitrogens is 1. The molecule has 9 heteroatoms. The Morgan fingerprint density at radius 1 is 1.38 bits per heavy atom. The van der Waals surface area contributed by atoms with Crippen LogP contribution in [0.4, 0.5) is 5.00 Å². The molecule has 0 saturated carbocycles. The molecule has 0 saturated heterocycles. The number of pyridine rings is 1. The zero-order valence-electron chi connectivity index (χ0n) is 12.5. The van der Waals surface area contributed by atoms with E-state index in [0.29, 0.717) is 0 Å². The largest absolute Gasteiger partial charge is 0.462 e. The first kappa shape index (κ1) is 17.7. The van der Waals surface area contributed by atoms with Crippen molar-refractivity contribution in [3.05, 3.63) is 45.1 Å². The molecule has 0 amide bonds. The minimum absolute atomic E-state index is 0.102. The number of nitrogens with two attached hydrogens (primary N) is 1. The second-order valence-corrected chi connectivity index (χ2v) is 5.87. The van der Waals surface area contributed by atoms with Gasteiger partial charge in [-0.3, -0.25) is 0 Å². The highest BCUT2D eigenvalue weighted by atomic mass is 35.5. The number of nitrogen functional groups attached to an aromatic ring is 1. The predicted molar refractivity (Wildman–Crippen MR) is 87.8 cm³/mol. The lowest BCUT2D eigenvalue weighted by atomic mass is 10.1. The predicted octanol–water partition coefficient (Wildman–Crippen LogP) is 2.78. The van der Waals surface area contributed by atoms with E-state index in [4.69, 9.17) is 26.8 Å². The second kappa shape index (κ2) is 7.77. The van der Waals surface area contributed by atoms with Gasteiger partial charge in [-0.1, -0.05) is 11.6 Å². The van der Waals surface area contributed by atoms with Gasteiger partial charge in [0.15, 0.2) is 0 Å². The van der Waals surface area contributed by atoms with E-state index in [9.17, 15) is 14.9 Å². The number of hydrogen-bond acceptors (Lipinski definition) is 8. The van der Waals surface area contributed by atoms with Crippen molar-refractivity contribution in [2.45, 2.75) is 13.5 Å². The van der Waals surface area contributed by atoms with Crippen LogP contribution >= 0.6 is 22.9 Å². The molecule has 2 rings (SSSR count). The molecule has 0 aromatic carbocycles. The van der Waals surface area contributed by atoms with Gasteiger partial charge in [0.05, 0.1) is 17.7 Å². The zero-order chi connectivity index (χ0) is 17.7. The molecular formula is C15H12ClN3O4S. The fraction of sp³-hybridized carbons (Fsp3) is 0.200. The summed E-state index contributed by atoms with van der Waals surface area (Å²) in [5, 5.41) is 9.61. The van der Waals surface area contributed by atoms with Crippen molar-refractivity contribution >= 4 is 39.9 Å². The Hall–Kier alpha value is -2.63. The van der Waals surface area contributed by atoms with E-state index in [2.05, 4.69) is 4.98 Å². The van der Waals surface area contributed by atoms with Gasteiger partial charge in [-0.25, -0.2) is 14.6 Å². The molecule has 0 aliphatic rings. The summed E-state index contributed by atoms with van der Waals surface area (Å²) in [5.74, 6) is -1.28. The van der Waals surface area contributed by atoms with E-state index in [1.807, 2.05) is 6.07 Å². The van der Waals surface area contributed by atoms with E-state index < -0.39 is 11.9 Å². The number of nitrogens with zero attached hydrogens (tertiary/aromatic N) is 2. The normalized spacial score (nSPS) is 10.0. The number of anilines is 1. The number of nitriles is 1. The third-order valence-corrected chi connectivity index (χ3v) is 4.18. The number of hydrogen-bond donors (Lipinski definition) is 1. The molecule has 2 aromatic rings. The van der Waals surface area contributed by atoms with Gasteiger partial charge in [0.2, 0.25) is 0 Å². The van der Waals surface area contributed by atoms with Gasteiger partial charge in [0.25, 0.3) is 0 Å². The van der Waals surface area contributed by atoms with Crippen LogP contribution in [0.2, 0.25) is 5.15 Å². The first-order chi connectivity index (χ1) is 11.5. The van der Waals surface area contributed by atoms with Gasteiger partial charge in [0, 0.05) is 11.8 Å². The Morgan fingerprint density at radius 3 is 2.71 bits per heavy atom. The summed E-state index contributed by atoms with van der Waals surface area (Å²) < 4.78 is 10.1. The highest BCUT2D eigenvalue weighted by molar-refractivity contribution is 7.18. The van der Waals surface area contributed by atoms with Crippen molar-refractivity contribution in [2.24, 2.45) is 0 Å². The first-order valence-electron chi connectivity index (χ1n) is 6.75. The number of thiophene rings is 1. The molecule has 0 atom stereocenters. The Labute approximate surface area is 146 Å². The van der Waals surface area contributed by atoms with E-state index in [1.54, 1.807) is 6.92 Å². The summed E-state index contributed by atoms with van der Waals surface area (Å²) in [7, 11) is 0. The Kier molecular flexibility index (Phi) is 5.73. The van der Waals surface area contributed by atoms with Crippen LogP contribution in [0.1, 0.15) is 38.1 Å². The molecule has 24 heavy (non-hydrogen) atoms. The third-order valence-electron chi connectivity index (χ3n) is 2.92. The highest BCUT2D eigenvalue weighted by Crippen LogP contribution is 2.32. The highest BCUT2D eigenvalue weighted by Gasteiger charge is 2.24. The average Bonchev–Trinajstić information content (AvgIpc) is 2.89. The number of carbonyl (C=O) groups excluding carboxylic acids is 2. The standard InChI is InChI=1S/C15H12ClN3O4S/c1-2-22-15(21)12-10(9(5-17)13(18)24-12)7-23-14(20)8-3-4-11(16)19-6-8/h3-4,6H,2,7,18H2,1H3. The Bertz CT molecular complexity index is 811. The van der Waals surface area contributed by atoms with Gasteiger partial charge in [-0.05, 0) is 19.1 Å². The monoisotopic (exact) mass is 365 g/mol. The van der Waals surface area contributed by atoms with Crippen molar-refractivity contribution in [3.63, 3.8) is 0 Å². The molecule has 0 radical (unpaired) electrons. The topological polar surface area (TPSA) is 115 Å². The van der Waals surface area contributed by atoms with Gasteiger partial charge in [-0.2, -0.15) is 5.26 Å². The van der Waals surface area contributed by atoms with Crippen LogP contribution in [0, 0.1) is 11.3 Å². The lowest BCUT2D eigenvalue weighted by Crippen LogP contribution is -2.10. The van der Waals surface area contributed by atoms with Gasteiger partial charge in [-0.15, -0.1) is 11.3 Å². The summed E-state index contributed by atoms with van der Waals surface area (Å²) in [6, 6.07) is 4.81. The van der Waals surface area contributed by atoms with Gasteiger partial charge < -0.3 is 15.2 Å². The van der Waals surface area contributed by atoms with Crippen LogP contribution in [-0.4, -0.2) is 23.5 Å². The minimum Gasteiger partial charge on any atom is -0.462 e. The van der Waals surface area contributed by atoms with Crippen molar-refractivity contribution in [3.8, 4) is 6.07 Å². The molecule has 2 aromatic heterocycles. The Morgan fingerprint density at radius 2 is 2.12 bits per heavy atom. The SMILES string of the molecule is CCOC(=O)c1sc(N)c(C#N)c1COC(=O)c1ccc(Cl)nc1. The quantitative estimate of drug-likeness (QED) is 0.639. The lowest BCUT2D eigenvalue weighted by molar-refractivity contribution is 0.0452. The average molecular weight is 366 g/mol. The van der Waals surface area contributed by atoms with E-state index >= 15 is 0 Å². The summed E-state index contributed by atoms with van der Waals surface area (Å²) in [5.41, 5.74) is 6.27. The van der Waals surface area contributed by atoms with Gasteiger partial charge in [0.1, 0.15) is 27.7 Å². The zero-order valence-corrected chi connectivity index (χ0v) is 14.1. The number of carbonyl (C=O) groups is 2.